The minimum absolute atomic E-state index is 0.397. The molecule has 3 heteroatoms. The molecule has 1 rings (SSSR count). The van der Waals surface area contributed by atoms with Gasteiger partial charge in [0.05, 0.1) is 6.10 Å². The molecule has 0 aliphatic rings. The third-order valence-corrected chi connectivity index (χ3v) is 4.42. The van der Waals surface area contributed by atoms with Gasteiger partial charge in [0.15, 0.2) is 0 Å². The summed E-state index contributed by atoms with van der Waals surface area (Å²) in [7, 11) is 0. The van der Waals surface area contributed by atoms with Crippen molar-refractivity contribution in [3.8, 4) is 0 Å². The summed E-state index contributed by atoms with van der Waals surface area (Å²) in [5.74, 6) is 1.90. The van der Waals surface area contributed by atoms with E-state index >= 15 is 0 Å². The zero-order valence-electron chi connectivity index (χ0n) is 10.0. The van der Waals surface area contributed by atoms with Crippen LogP contribution in [0.5, 0.6) is 0 Å². The number of hydrogen-bond acceptors (Lipinski definition) is 2. The molecule has 0 radical (unpaired) electrons. The minimum atomic E-state index is -0.397. The lowest BCUT2D eigenvalue weighted by Gasteiger charge is -2.09. The van der Waals surface area contributed by atoms with E-state index in [2.05, 4.69) is 35.8 Å². The summed E-state index contributed by atoms with van der Waals surface area (Å²) in [6.07, 6.45) is 0.834. The molecule has 0 spiro atoms. The predicted octanol–water partition coefficient (Wildman–Crippen LogP) is 4.64. The zero-order valence-corrected chi connectivity index (χ0v) is 12.4. The number of hydrogen-bond donors (Lipinski definition) is 1. The van der Waals surface area contributed by atoms with Crippen LogP contribution in [0.3, 0.4) is 0 Å². The van der Waals surface area contributed by atoms with Crippen LogP contribution in [0, 0.1) is 5.92 Å². The molecule has 0 fully saturated rings. The fourth-order valence-electron chi connectivity index (χ4n) is 1.30. The molecule has 0 aromatic heterocycles. The highest BCUT2D eigenvalue weighted by Gasteiger charge is 2.06. The van der Waals surface area contributed by atoms with Gasteiger partial charge in [-0.2, -0.15) is 0 Å². The van der Waals surface area contributed by atoms with Crippen molar-refractivity contribution in [3.63, 3.8) is 0 Å². The first-order valence-corrected chi connectivity index (χ1v) is 7.39. The average Bonchev–Trinajstić information content (AvgIpc) is 2.19. The van der Waals surface area contributed by atoms with Gasteiger partial charge in [0, 0.05) is 9.37 Å². The molecule has 90 valence electrons. The van der Waals surface area contributed by atoms with E-state index < -0.39 is 6.10 Å². The largest absolute Gasteiger partial charge is 0.389 e. The summed E-state index contributed by atoms with van der Waals surface area (Å²) < 4.78 is 1.08. The van der Waals surface area contributed by atoms with Crippen LogP contribution in [0.15, 0.2) is 27.6 Å². The van der Waals surface area contributed by atoms with Crippen LogP contribution >= 0.6 is 27.7 Å². The van der Waals surface area contributed by atoms with Crippen LogP contribution < -0.4 is 0 Å². The lowest BCUT2D eigenvalue weighted by atomic mass is 10.1. The number of rotatable bonds is 5. The normalized spacial score (nSPS) is 13.1. The van der Waals surface area contributed by atoms with Crippen molar-refractivity contribution in [1.29, 1.82) is 0 Å². The Balaban J connectivity index is 2.61. The fourth-order valence-corrected chi connectivity index (χ4v) is 3.21. The lowest BCUT2D eigenvalue weighted by molar-refractivity contribution is 0.199. The van der Waals surface area contributed by atoms with Gasteiger partial charge < -0.3 is 5.11 Å². The number of aliphatic hydroxyl groups excluding tert-OH is 1. The third kappa shape index (κ3) is 4.48. The Hall–Kier alpha value is 0.01000. The van der Waals surface area contributed by atoms with E-state index in [1.165, 1.54) is 11.3 Å². The Bertz CT molecular complexity index is 337. The number of aliphatic hydroxyl groups is 1. The summed E-state index contributed by atoms with van der Waals surface area (Å²) in [6.45, 7) is 6.27. The van der Waals surface area contributed by atoms with E-state index in [4.69, 9.17) is 0 Å². The summed E-state index contributed by atoms with van der Waals surface area (Å²) in [5.41, 5.74) is 0.958. The molecule has 1 N–H and O–H groups in total. The molecule has 0 saturated carbocycles. The van der Waals surface area contributed by atoms with Gasteiger partial charge in [0.1, 0.15) is 0 Å². The summed E-state index contributed by atoms with van der Waals surface area (Å²) in [5, 5.41) is 9.46. The van der Waals surface area contributed by atoms with Gasteiger partial charge in [0.2, 0.25) is 0 Å². The molecule has 0 bridgehead atoms. The molecule has 1 unspecified atom stereocenters. The SMILES string of the molecule is CC(C)CCSc1ccc(C(C)O)cc1Br. The molecule has 0 aliphatic carbocycles. The second-order valence-corrected chi connectivity index (χ2v) is 6.39. The van der Waals surface area contributed by atoms with Gasteiger partial charge in [-0.25, -0.2) is 0 Å². The summed E-state index contributed by atoms with van der Waals surface area (Å²) in [4.78, 5) is 1.25. The zero-order chi connectivity index (χ0) is 12.1. The summed E-state index contributed by atoms with van der Waals surface area (Å²) >= 11 is 5.42. The first-order valence-electron chi connectivity index (χ1n) is 5.61. The number of benzene rings is 1. The Morgan fingerprint density at radius 3 is 2.50 bits per heavy atom. The predicted molar refractivity (Wildman–Crippen MR) is 75.0 cm³/mol. The maximum atomic E-state index is 9.46. The molecule has 1 aromatic carbocycles. The third-order valence-electron chi connectivity index (χ3n) is 2.39. The van der Waals surface area contributed by atoms with Crippen molar-refractivity contribution in [2.24, 2.45) is 5.92 Å². The number of thioether (sulfide) groups is 1. The Labute approximate surface area is 111 Å². The van der Waals surface area contributed by atoms with E-state index in [1.807, 2.05) is 23.9 Å². The molecule has 1 nitrogen and oxygen atoms in total. The highest BCUT2D eigenvalue weighted by atomic mass is 79.9. The Morgan fingerprint density at radius 1 is 1.31 bits per heavy atom. The topological polar surface area (TPSA) is 20.2 Å². The van der Waals surface area contributed by atoms with Crippen LogP contribution in [0.4, 0.5) is 0 Å². The van der Waals surface area contributed by atoms with Gasteiger partial charge >= 0.3 is 0 Å². The van der Waals surface area contributed by atoms with E-state index in [0.29, 0.717) is 0 Å². The van der Waals surface area contributed by atoms with Crippen LogP contribution in [0.2, 0.25) is 0 Å². The highest BCUT2D eigenvalue weighted by Crippen LogP contribution is 2.30. The molecule has 0 aliphatic heterocycles. The van der Waals surface area contributed by atoms with Crippen LogP contribution in [-0.2, 0) is 0 Å². The van der Waals surface area contributed by atoms with E-state index in [1.54, 1.807) is 6.92 Å². The maximum absolute atomic E-state index is 9.46. The monoisotopic (exact) mass is 302 g/mol. The van der Waals surface area contributed by atoms with Crippen molar-refractivity contribution in [1.82, 2.24) is 0 Å². The van der Waals surface area contributed by atoms with Gasteiger partial charge in [-0.05, 0) is 58.6 Å². The molecule has 1 atom stereocenters. The van der Waals surface area contributed by atoms with E-state index in [0.717, 1.165) is 21.7 Å². The number of halogens is 1. The van der Waals surface area contributed by atoms with E-state index in [9.17, 15) is 5.11 Å². The Morgan fingerprint density at radius 2 is 2.00 bits per heavy atom. The van der Waals surface area contributed by atoms with Gasteiger partial charge in [-0.15, -0.1) is 11.8 Å². The first kappa shape index (κ1) is 14.1. The van der Waals surface area contributed by atoms with Gasteiger partial charge in [-0.3, -0.25) is 0 Å². The van der Waals surface area contributed by atoms with Crippen LogP contribution in [0.25, 0.3) is 0 Å². The molecule has 0 amide bonds. The molecule has 1 aromatic rings. The molecule has 0 saturated heterocycles. The fraction of sp³-hybridized carbons (Fsp3) is 0.538. The average molecular weight is 303 g/mol. The van der Waals surface area contributed by atoms with Crippen molar-refractivity contribution in [2.45, 2.75) is 38.2 Å². The van der Waals surface area contributed by atoms with Crippen molar-refractivity contribution >= 4 is 27.7 Å². The maximum Gasteiger partial charge on any atom is 0.0762 e. The van der Waals surface area contributed by atoms with Gasteiger partial charge in [0.25, 0.3) is 0 Å². The molecular weight excluding hydrogens is 284 g/mol. The smallest absolute Gasteiger partial charge is 0.0762 e. The first-order chi connectivity index (χ1) is 7.50. The highest BCUT2D eigenvalue weighted by molar-refractivity contribution is 9.10. The molecular formula is C13H19BrOS. The van der Waals surface area contributed by atoms with E-state index in [-0.39, 0.29) is 0 Å². The van der Waals surface area contributed by atoms with Crippen LogP contribution in [-0.4, -0.2) is 10.9 Å². The molecule has 0 heterocycles. The quantitative estimate of drug-likeness (QED) is 0.800. The van der Waals surface area contributed by atoms with Gasteiger partial charge in [-0.1, -0.05) is 19.9 Å². The molecule has 16 heavy (non-hydrogen) atoms. The minimum Gasteiger partial charge on any atom is -0.389 e. The van der Waals surface area contributed by atoms with Crippen molar-refractivity contribution in [2.75, 3.05) is 5.75 Å². The van der Waals surface area contributed by atoms with Crippen molar-refractivity contribution < 1.29 is 5.11 Å². The van der Waals surface area contributed by atoms with Crippen molar-refractivity contribution in [3.05, 3.63) is 28.2 Å². The standard InChI is InChI=1S/C13H19BrOS/c1-9(2)6-7-16-13-5-4-11(10(3)15)8-12(13)14/h4-5,8-10,15H,6-7H2,1-3H3. The second-order valence-electron chi connectivity index (χ2n) is 4.40. The Kier molecular flexibility index (Phi) is 5.87. The summed E-state index contributed by atoms with van der Waals surface area (Å²) in [6, 6.07) is 6.08. The lowest BCUT2D eigenvalue weighted by Crippen LogP contribution is -1.92. The van der Waals surface area contributed by atoms with Crippen LogP contribution in [0.1, 0.15) is 38.9 Å². The second kappa shape index (κ2) is 6.67.